The first-order chi connectivity index (χ1) is 19.9. The van der Waals surface area contributed by atoms with Gasteiger partial charge in [-0.3, -0.25) is 19.0 Å². The van der Waals surface area contributed by atoms with E-state index in [1.54, 1.807) is 37.3 Å². The molecule has 1 aliphatic rings. The molecule has 0 spiro atoms. The largest absolute Gasteiger partial charge is 0.481 e. The topological polar surface area (TPSA) is 119 Å². The molecule has 1 aliphatic heterocycles. The molecule has 0 radical (unpaired) electrons. The van der Waals surface area contributed by atoms with E-state index in [1.807, 2.05) is 65.6 Å². The fourth-order valence-electron chi connectivity index (χ4n) is 4.85. The third kappa shape index (κ3) is 5.49. The van der Waals surface area contributed by atoms with Crippen LogP contribution in [0.25, 0.3) is 11.8 Å². The van der Waals surface area contributed by atoms with Gasteiger partial charge in [0.15, 0.2) is 5.49 Å². The van der Waals surface area contributed by atoms with Crippen molar-refractivity contribution in [2.24, 2.45) is 5.10 Å². The number of aliphatic carboxylic acids is 1. The average molecular weight is 546 g/mol. The molecule has 0 aliphatic carbocycles. The number of hydrogen-bond donors (Lipinski definition) is 1. The zero-order chi connectivity index (χ0) is 28.9. The smallest absolute Gasteiger partial charge is 0.305 e. The van der Waals surface area contributed by atoms with Crippen molar-refractivity contribution in [3.05, 3.63) is 123 Å². The Morgan fingerprint density at radius 2 is 1.59 bits per heavy atom. The Labute approximate surface area is 236 Å². The van der Waals surface area contributed by atoms with Gasteiger partial charge in [-0.15, -0.1) is 5.10 Å². The summed E-state index contributed by atoms with van der Waals surface area (Å²) in [7, 11) is 0. The molecule has 9 heteroatoms. The Morgan fingerprint density at radius 3 is 2.20 bits per heavy atom. The number of carboxylic acids is 1. The van der Waals surface area contributed by atoms with Gasteiger partial charge in [-0.25, -0.2) is 0 Å². The molecular weight excluding hydrogens is 518 g/mol. The van der Waals surface area contributed by atoms with Gasteiger partial charge in [-0.1, -0.05) is 48.5 Å². The van der Waals surface area contributed by atoms with Crippen LogP contribution in [0.3, 0.4) is 0 Å². The number of amides is 1. The molecule has 0 unspecified atom stereocenters. The molecule has 204 valence electrons. The van der Waals surface area contributed by atoms with Crippen molar-refractivity contribution in [1.29, 1.82) is 5.26 Å². The zero-order valence-corrected chi connectivity index (χ0v) is 22.4. The number of para-hydroxylation sites is 2. The predicted molar refractivity (Wildman–Crippen MR) is 156 cm³/mol. The van der Waals surface area contributed by atoms with Crippen molar-refractivity contribution in [3.8, 4) is 11.8 Å². The summed E-state index contributed by atoms with van der Waals surface area (Å²) in [5.74, 6) is -1.23. The molecule has 1 aromatic heterocycles. The van der Waals surface area contributed by atoms with Gasteiger partial charge in [0, 0.05) is 24.0 Å². The second kappa shape index (κ2) is 11.7. The van der Waals surface area contributed by atoms with Crippen LogP contribution in [0.15, 0.2) is 94.8 Å². The molecular formula is C32H27N5O4. The normalized spacial score (nSPS) is 12.5. The number of nitriles is 1. The van der Waals surface area contributed by atoms with Crippen molar-refractivity contribution in [2.75, 3.05) is 23.0 Å². The lowest BCUT2D eigenvalue weighted by Crippen LogP contribution is -2.45. The second-order valence-electron chi connectivity index (χ2n) is 9.54. The highest BCUT2D eigenvalue weighted by Gasteiger charge is 2.30. The molecule has 2 heterocycles. The van der Waals surface area contributed by atoms with Gasteiger partial charge in [-0.05, 0) is 60.5 Å². The number of pyridine rings is 1. The number of carboxylic acid groups (broad SMARTS) is 1. The summed E-state index contributed by atoms with van der Waals surface area (Å²) >= 11 is 0. The Kier molecular flexibility index (Phi) is 7.74. The van der Waals surface area contributed by atoms with E-state index in [0.29, 0.717) is 34.3 Å². The maximum Gasteiger partial charge on any atom is 0.305 e. The SMILES string of the molecule is Cc1c2c(n(-c3ccccc3)c(=O)/c1=C\c1ccc(N(CCC#N)CCC(=O)O)cc1)=NN(c1ccccc1)C2=O. The van der Waals surface area contributed by atoms with E-state index in [-0.39, 0.29) is 36.3 Å². The number of carbonyl (C=O) groups excluding carboxylic acids is 1. The standard InChI is InChI=1S/C32H27N5O4/c1-22-27(21-23-13-15-24(16-14-23)35(19-8-18-33)20-17-28(38)39)31(40)36(25-9-4-2-5-10-25)30-29(22)32(41)37(34-30)26-11-6-3-7-12-26/h2-7,9-16,21H,8,17,19-20H2,1H3,(H,38,39)/b27-21-. The minimum absolute atomic E-state index is 0.0499. The van der Waals surface area contributed by atoms with Crippen LogP contribution >= 0.6 is 0 Å². The lowest BCUT2D eigenvalue weighted by molar-refractivity contribution is -0.136. The molecule has 3 aromatic carbocycles. The molecule has 4 aromatic rings. The number of anilines is 2. The van der Waals surface area contributed by atoms with Gasteiger partial charge in [0.25, 0.3) is 11.5 Å². The van der Waals surface area contributed by atoms with Crippen molar-refractivity contribution in [2.45, 2.75) is 19.8 Å². The highest BCUT2D eigenvalue weighted by Crippen LogP contribution is 2.21. The number of benzene rings is 3. The molecule has 1 amide bonds. The molecule has 9 nitrogen and oxygen atoms in total. The van der Waals surface area contributed by atoms with E-state index in [9.17, 15) is 14.4 Å². The van der Waals surface area contributed by atoms with E-state index in [2.05, 4.69) is 11.2 Å². The third-order valence-electron chi connectivity index (χ3n) is 6.92. The molecule has 0 atom stereocenters. The van der Waals surface area contributed by atoms with Crippen LogP contribution < -0.4 is 26.2 Å². The quantitative estimate of drug-likeness (QED) is 0.345. The van der Waals surface area contributed by atoms with Gasteiger partial charge in [0.05, 0.1) is 35.8 Å². The van der Waals surface area contributed by atoms with Crippen LogP contribution in [0.2, 0.25) is 0 Å². The number of nitrogens with zero attached hydrogens (tertiary/aromatic N) is 5. The fourth-order valence-corrected chi connectivity index (χ4v) is 4.85. The monoisotopic (exact) mass is 545 g/mol. The summed E-state index contributed by atoms with van der Waals surface area (Å²) in [6.45, 7) is 2.44. The van der Waals surface area contributed by atoms with Gasteiger partial charge in [0.1, 0.15) is 0 Å². The first-order valence-electron chi connectivity index (χ1n) is 13.1. The second-order valence-corrected chi connectivity index (χ2v) is 9.54. The lowest BCUT2D eigenvalue weighted by Gasteiger charge is -2.23. The minimum atomic E-state index is -0.911. The maximum absolute atomic E-state index is 14.0. The zero-order valence-electron chi connectivity index (χ0n) is 22.4. The molecule has 0 saturated heterocycles. The van der Waals surface area contributed by atoms with E-state index in [1.165, 1.54) is 9.58 Å². The number of fused-ring (bicyclic) bond motifs is 1. The summed E-state index contributed by atoms with van der Waals surface area (Å²) in [4.78, 5) is 40.6. The summed E-state index contributed by atoms with van der Waals surface area (Å²) < 4.78 is 1.47. The summed E-state index contributed by atoms with van der Waals surface area (Å²) in [5, 5.41) is 24.4. The fraction of sp³-hybridized carbons (Fsp3) is 0.156. The summed E-state index contributed by atoms with van der Waals surface area (Å²) in [5.41, 5.74) is 3.57. The molecule has 0 saturated carbocycles. The third-order valence-corrected chi connectivity index (χ3v) is 6.92. The highest BCUT2D eigenvalue weighted by molar-refractivity contribution is 6.08. The number of hydrogen-bond acceptors (Lipinski definition) is 6. The molecule has 41 heavy (non-hydrogen) atoms. The number of aromatic nitrogens is 1. The van der Waals surface area contributed by atoms with Crippen LogP contribution in [0, 0.1) is 18.3 Å². The van der Waals surface area contributed by atoms with Gasteiger partial charge < -0.3 is 10.0 Å². The average Bonchev–Trinajstić information content (AvgIpc) is 3.33. The highest BCUT2D eigenvalue weighted by atomic mass is 16.4. The van der Waals surface area contributed by atoms with E-state index in [0.717, 1.165) is 11.3 Å². The molecule has 5 rings (SSSR count). The van der Waals surface area contributed by atoms with Crippen molar-refractivity contribution in [3.63, 3.8) is 0 Å². The molecule has 0 fully saturated rings. The number of rotatable bonds is 9. The predicted octanol–water partition coefficient (Wildman–Crippen LogP) is 3.36. The first kappa shape index (κ1) is 27.1. The Balaban J connectivity index is 1.63. The van der Waals surface area contributed by atoms with Crippen LogP contribution in [0.1, 0.15) is 34.3 Å². The lowest BCUT2D eigenvalue weighted by atomic mass is 10.0. The maximum atomic E-state index is 14.0. The van der Waals surface area contributed by atoms with Crippen LogP contribution in [-0.2, 0) is 4.79 Å². The summed E-state index contributed by atoms with van der Waals surface area (Å²) in [6, 6.07) is 27.6. The number of carbonyl (C=O) groups is 2. The van der Waals surface area contributed by atoms with Crippen LogP contribution in [0.4, 0.5) is 11.4 Å². The Hall–Kier alpha value is -5.49. The van der Waals surface area contributed by atoms with E-state index < -0.39 is 5.97 Å². The van der Waals surface area contributed by atoms with Crippen LogP contribution in [-0.4, -0.2) is 34.6 Å². The van der Waals surface area contributed by atoms with Crippen molar-refractivity contribution < 1.29 is 14.7 Å². The van der Waals surface area contributed by atoms with Crippen molar-refractivity contribution in [1.82, 2.24) is 4.57 Å². The van der Waals surface area contributed by atoms with E-state index >= 15 is 0 Å². The van der Waals surface area contributed by atoms with Gasteiger partial charge in [-0.2, -0.15) is 10.3 Å². The Morgan fingerprint density at radius 1 is 0.951 bits per heavy atom. The van der Waals surface area contributed by atoms with Crippen LogP contribution in [0.5, 0.6) is 0 Å². The summed E-state index contributed by atoms with van der Waals surface area (Å²) in [6.07, 6.45) is 1.96. The van der Waals surface area contributed by atoms with Gasteiger partial charge in [0.2, 0.25) is 0 Å². The van der Waals surface area contributed by atoms with E-state index in [4.69, 9.17) is 10.4 Å². The first-order valence-corrected chi connectivity index (χ1v) is 13.1. The Bertz CT molecular complexity index is 1830. The molecule has 0 bridgehead atoms. The van der Waals surface area contributed by atoms with Gasteiger partial charge >= 0.3 is 5.97 Å². The minimum Gasteiger partial charge on any atom is -0.481 e. The van der Waals surface area contributed by atoms with Crippen molar-refractivity contribution >= 4 is 29.3 Å². The molecule has 1 N–H and O–H groups in total.